The van der Waals surface area contributed by atoms with Crippen LogP contribution in [0.15, 0.2) is 6.33 Å². The van der Waals surface area contributed by atoms with Crippen LogP contribution < -0.4 is 5.32 Å². The molecule has 18 heavy (non-hydrogen) atoms. The van der Waals surface area contributed by atoms with E-state index in [9.17, 15) is 0 Å². The topological polar surface area (TPSA) is 42.7 Å². The maximum absolute atomic E-state index is 4.39. The summed E-state index contributed by atoms with van der Waals surface area (Å²) in [5, 5.41) is 7.77. The van der Waals surface area contributed by atoms with Gasteiger partial charge in [-0.05, 0) is 31.7 Å². The first-order chi connectivity index (χ1) is 8.52. The molecule has 0 saturated heterocycles. The van der Waals surface area contributed by atoms with Gasteiger partial charge in [-0.15, -0.1) is 0 Å². The highest BCUT2D eigenvalue weighted by Crippen LogP contribution is 2.13. The molecule has 0 amide bonds. The van der Waals surface area contributed by atoms with Crippen molar-refractivity contribution in [3.8, 4) is 0 Å². The average Bonchev–Trinajstić information content (AvgIpc) is 2.64. The third kappa shape index (κ3) is 5.17. The van der Waals surface area contributed by atoms with Gasteiger partial charge in [-0.3, -0.25) is 0 Å². The minimum absolute atomic E-state index is 0.575. The van der Waals surface area contributed by atoms with Crippen molar-refractivity contribution in [2.45, 2.75) is 60.0 Å². The maximum Gasteiger partial charge on any atom is 0.138 e. The van der Waals surface area contributed by atoms with Crippen LogP contribution in [0, 0.1) is 11.8 Å². The largest absolute Gasteiger partial charge is 0.315 e. The van der Waals surface area contributed by atoms with Crippen LogP contribution >= 0.6 is 0 Å². The van der Waals surface area contributed by atoms with Crippen molar-refractivity contribution >= 4 is 0 Å². The van der Waals surface area contributed by atoms with Crippen LogP contribution in [0.25, 0.3) is 0 Å². The summed E-state index contributed by atoms with van der Waals surface area (Å²) in [7, 11) is 0. The minimum atomic E-state index is 0.575. The summed E-state index contributed by atoms with van der Waals surface area (Å²) in [6.07, 6.45) is 3.88. The molecule has 0 fully saturated rings. The van der Waals surface area contributed by atoms with Gasteiger partial charge in [-0.1, -0.05) is 27.7 Å². The molecule has 0 aliphatic carbocycles. The Hall–Kier alpha value is -0.900. The van der Waals surface area contributed by atoms with Crippen LogP contribution in [0.4, 0.5) is 0 Å². The molecule has 0 bridgehead atoms. The Labute approximate surface area is 111 Å². The van der Waals surface area contributed by atoms with Crippen molar-refractivity contribution in [3.63, 3.8) is 0 Å². The van der Waals surface area contributed by atoms with Crippen LogP contribution in [-0.2, 0) is 13.0 Å². The van der Waals surface area contributed by atoms with Crippen molar-refractivity contribution < 1.29 is 0 Å². The molecular weight excluding hydrogens is 224 g/mol. The number of nitrogens with zero attached hydrogens (tertiary/aromatic N) is 3. The molecular formula is C14H28N4. The molecule has 0 saturated carbocycles. The smallest absolute Gasteiger partial charge is 0.138 e. The monoisotopic (exact) mass is 252 g/mol. The standard InChI is InChI=1S/C14H28N4/c1-6-15-13(5)7-12(4)8-14-16-10-17-18(14)9-11(2)3/h10-13,15H,6-9H2,1-5H3. The van der Waals surface area contributed by atoms with Gasteiger partial charge in [0, 0.05) is 19.0 Å². The quantitative estimate of drug-likeness (QED) is 0.773. The zero-order valence-corrected chi connectivity index (χ0v) is 12.5. The molecule has 0 aromatic carbocycles. The van der Waals surface area contributed by atoms with Crippen LogP contribution in [0.5, 0.6) is 0 Å². The molecule has 0 aliphatic rings. The number of rotatable bonds is 8. The number of hydrogen-bond acceptors (Lipinski definition) is 3. The van der Waals surface area contributed by atoms with E-state index < -0.39 is 0 Å². The highest BCUT2D eigenvalue weighted by molar-refractivity contribution is 4.87. The lowest BCUT2D eigenvalue weighted by Crippen LogP contribution is -2.28. The van der Waals surface area contributed by atoms with E-state index in [1.54, 1.807) is 6.33 Å². The summed E-state index contributed by atoms with van der Waals surface area (Å²) in [5.74, 6) is 2.37. The van der Waals surface area contributed by atoms with Crippen molar-refractivity contribution in [1.82, 2.24) is 20.1 Å². The molecule has 0 spiro atoms. The van der Waals surface area contributed by atoms with Gasteiger partial charge in [-0.25, -0.2) is 9.67 Å². The Morgan fingerprint density at radius 2 is 2.00 bits per heavy atom. The van der Waals surface area contributed by atoms with Gasteiger partial charge in [0.1, 0.15) is 12.2 Å². The molecule has 1 heterocycles. The maximum atomic E-state index is 4.39. The van der Waals surface area contributed by atoms with Gasteiger partial charge in [0.05, 0.1) is 0 Å². The van der Waals surface area contributed by atoms with E-state index in [2.05, 4.69) is 54.7 Å². The summed E-state index contributed by atoms with van der Waals surface area (Å²) in [6.45, 7) is 13.1. The van der Waals surface area contributed by atoms with Gasteiger partial charge in [0.2, 0.25) is 0 Å². The molecule has 1 rings (SSSR count). The summed E-state index contributed by atoms with van der Waals surface area (Å²) in [6, 6.07) is 0.575. The van der Waals surface area contributed by atoms with Crippen LogP contribution in [0.3, 0.4) is 0 Å². The Morgan fingerprint density at radius 3 is 2.61 bits per heavy atom. The molecule has 0 radical (unpaired) electrons. The van der Waals surface area contributed by atoms with Gasteiger partial charge < -0.3 is 5.32 Å². The first kappa shape index (κ1) is 15.2. The number of nitrogens with one attached hydrogen (secondary N) is 1. The SMILES string of the molecule is CCNC(C)CC(C)Cc1ncnn1CC(C)C. The lowest BCUT2D eigenvalue weighted by atomic mass is 9.99. The fourth-order valence-corrected chi connectivity index (χ4v) is 2.37. The summed E-state index contributed by atoms with van der Waals surface area (Å²) < 4.78 is 2.05. The van der Waals surface area contributed by atoms with Gasteiger partial charge in [0.15, 0.2) is 0 Å². The lowest BCUT2D eigenvalue weighted by molar-refractivity contribution is 0.401. The molecule has 2 unspecified atom stereocenters. The molecule has 1 aromatic heterocycles. The third-order valence-electron chi connectivity index (χ3n) is 3.07. The highest BCUT2D eigenvalue weighted by Gasteiger charge is 2.13. The van der Waals surface area contributed by atoms with E-state index >= 15 is 0 Å². The second kappa shape index (κ2) is 7.52. The second-order valence-electron chi connectivity index (χ2n) is 5.76. The summed E-state index contributed by atoms with van der Waals surface area (Å²) in [4.78, 5) is 4.39. The van der Waals surface area contributed by atoms with E-state index in [0.29, 0.717) is 17.9 Å². The van der Waals surface area contributed by atoms with Crippen LogP contribution in [-0.4, -0.2) is 27.4 Å². The zero-order chi connectivity index (χ0) is 13.5. The van der Waals surface area contributed by atoms with Crippen molar-refractivity contribution in [1.29, 1.82) is 0 Å². The normalized spacial score (nSPS) is 15.0. The average molecular weight is 252 g/mol. The summed E-state index contributed by atoms with van der Waals surface area (Å²) >= 11 is 0. The minimum Gasteiger partial charge on any atom is -0.315 e. The fourth-order valence-electron chi connectivity index (χ4n) is 2.37. The molecule has 1 aromatic rings. The Balaban J connectivity index is 2.48. The Morgan fingerprint density at radius 1 is 1.28 bits per heavy atom. The van der Waals surface area contributed by atoms with Crippen LogP contribution in [0.2, 0.25) is 0 Å². The molecule has 4 heteroatoms. The number of aromatic nitrogens is 3. The molecule has 0 aliphatic heterocycles. The summed E-state index contributed by atoms with van der Waals surface area (Å²) in [5.41, 5.74) is 0. The van der Waals surface area contributed by atoms with E-state index in [-0.39, 0.29) is 0 Å². The predicted octanol–water partition coefficient (Wildman–Crippen LogP) is 2.50. The number of hydrogen-bond donors (Lipinski definition) is 1. The van der Waals surface area contributed by atoms with E-state index in [4.69, 9.17) is 0 Å². The van der Waals surface area contributed by atoms with E-state index in [0.717, 1.165) is 25.3 Å². The van der Waals surface area contributed by atoms with Gasteiger partial charge >= 0.3 is 0 Å². The van der Waals surface area contributed by atoms with Gasteiger partial charge in [-0.2, -0.15) is 5.10 Å². The van der Waals surface area contributed by atoms with E-state index in [1.165, 1.54) is 6.42 Å². The zero-order valence-electron chi connectivity index (χ0n) is 12.5. The Bertz CT molecular complexity index is 332. The van der Waals surface area contributed by atoms with Crippen molar-refractivity contribution in [2.24, 2.45) is 11.8 Å². The van der Waals surface area contributed by atoms with Gasteiger partial charge in [0.25, 0.3) is 0 Å². The first-order valence-corrected chi connectivity index (χ1v) is 7.13. The molecule has 1 N–H and O–H groups in total. The highest BCUT2D eigenvalue weighted by atomic mass is 15.3. The molecule has 4 nitrogen and oxygen atoms in total. The fraction of sp³-hybridized carbons (Fsp3) is 0.857. The van der Waals surface area contributed by atoms with Crippen molar-refractivity contribution in [2.75, 3.05) is 6.54 Å². The molecule has 104 valence electrons. The van der Waals surface area contributed by atoms with Crippen LogP contribution in [0.1, 0.15) is 46.9 Å². The van der Waals surface area contributed by atoms with E-state index in [1.807, 2.05) is 0 Å². The first-order valence-electron chi connectivity index (χ1n) is 7.13. The molecule has 2 atom stereocenters. The van der Waals surface area contributed by atoms with Crippen molar-refractivity contribution in [3.05, 3.63) is 12.2 Å². The Kier molecular flexibility index (Phi) is 6.33. The lowest BCUT2D eigenvalue weighted by Gasteiger charge is -2.18. The second-order valence-corrected chi connectivity index (χ2v) is 5.76. The predicted molar refractivity (Wildman–Crippen MR) is 75.5 cm³/mol. The third-order valence-corrected chi connectivity index (χ3v) is 3.07.